The van der Waals surface area contributed by atoms with Gasteiger partial charge in [0.1, 0.15) is 5.75 Å². The van der Waals surface area contributed by atoms with Crippen LogP contribution in [0.15, 0.2) is 24.3 Å². The minimum Gasteiger partial charge on any atom is -0.494 e. The molecule has 9 nitrogen and oxygen atoms in total. The zero-order valence-corrected chi connectivity index (χ0v) is 14.5. The third-order valence-electron chi connectivity index (χ3n) is 3.56. The molecule has 25 heavy (non-hydrogen) atoms. The lowest BCUT2D eigenvalue weighted by Gasteiger charge is -2.19. The summed E-state index contributed by atoms with van der Waals surface area (Å²) in [5, 5.41) is 14.3. The van der Waals surface area contributed by atoms with Gasteiger partial charge in [-0.1, -0.05) is 0 Å². The number of benzene rings is 1. The quantitative estimate of drug-likeness (QED) is 0.553. The third-order valence-corrected chi connectivity index (χ3v) is 3.56. The second kappa shape index (κ2) is 8.13. The molecular weight excluding hydrogens is 324 g/mol. The standard InChI is InChI=1S/C16H22N6O3/c1-4-21(5-2)16-19-14(17)13(22(23)24)15(20-16)18-11-7-9-12(10-8-11)25-6-3/h7-10H,4-6H2,1-3H3,(H3,17,18,19,20). The van der Waals surface area contributed by atoms with Crippen molar-refractivity contribution in [3.63, 3.8) is 0 Å². The molecule has 134 valence electrons. The first-order chi connectivity index (χ1) is 12.0. The van der Waals surface area contributed by atoms with E-state index in [0.717, 1.165) is 0 Å². The molecule has 3 N–H and O–H groups in total. The zero-order chi connectivity index (χ0) is 18.4. The van der Waals surface area contributed by atoms with Crippen LogP contribution in [0, 0.1) is 10.1 Å². The summed E-state index contributed by atoms with van der Waals surface area (Å²) in [6.07, 6.45) is 0. The number of rotatable bonds is 8. The van der Waals surface area contributed by atoms with Crippen LogP contribution in [-0.2, 0) is 0 Å². The minimum atomic E-state index is -0.585. The lowest BCUT2D eigenvalue weighted by atomic mass is 10.3. The Labute approximate surface area is 146 Å². The van der Waals surface area contributed by atoms with Crippen LogP contribution >= 0.6 is 0 Å². The number of nitrogens with one attached hydrogen (secondary N) is 1. The number of hydrogen-bond donors (Lipinski definition) is 2. The Bertz CT molecular complexity index is 731. The number of nitro groups is 1. The SMILES string of the molecule is CCOc1ccc(Nc2nc(N(CC)CC)nc(N)c2[N+](=O)[O-])cc1. The van der Waals surface area contributed by atoms with E-state index in [1.807, 2.05) is 25.7 Å². The molecule has 0 bridgehead atoms. The Hall–Kier alpha value is -3.10. The molecule has 9 heteroatoms. The van der Waals surface area contributed by atoms with Crippen molar-refractivity contribution in [2.24, 2.45) is 0 Å². The van der Waals surface area contributed by atoms with Crippen LogP contribution in [0.25, 0.3) is 0 Å². The number of anilines is 4. The topological polar surface area (TPSA) is 119 Å². The molecule has 0 aliphatic carbocycles. The maximum Gasteiger partial charge on any atom is 0.353 e. The first kappa shape index (κ1) is 18.2. The fourth-order valence-electron chi connectivity index (χ4n) is 2.31. The van der Waals surface area contributed by atoms with Crippen molar-refractivity contribution in [3.05, 3.63) is 34.4 Å². The number of hydrogen-bond acceptors (Lipinski definition) is 8. The van der Waals surface area contributed by atoms with Crippen molar-refractivity contribution in [1.29, 1.82) is 0 Å². The minimum absolute atomic E-state index is 0.0589. The number of nitrogens with zero attached hydrogens (tertiary/aromatic N) is 4. The van der Waals surface area contributed by atoms with E-state index < -0.39 is 4.92 Å². The lowest BCUT2D eigenvalue weighted by Crippen LogP contribution is -2.25. The zero-order valence-electron chi connectivity index (χ0n) is 14.5. The monoisotopic (exact) mass is 346 g/mol. The van der Waals surface area contributed by atoms with Crippen LogP contribution in [0.2, 0.25) is 0 Å². The maximum absolute atomic E-state index is 11.4. The van der Waals surface area contributed by atoms with Gasteiger partial charge in [-0.25, -0.2) is 0 Å². The predicted octanol–water partition coefficient (Wildman–Crippen LogP) is 2.96. The summed E-state index contributed by atoms with van der Waals surface area (Å²) in [5.41, 5.74) is 6.10. The molecule has 0 fully saturated rings. The van der Waals surface area contributed by atoms with E-state index in [0.29, 0.717) is 37.1 Å². The lowest BCUT2D eigenvalue weighted by molar-refractivity contribution is -0.383. The van der Waals surface area contributed by atoms with E-state index in [2.05, 4.69) is 15.3 Å². The van der Waals surface area contributed by atoms with Gasteiger partial charge in [-0.2, -0.15) is 9.97 Å². The van der Waals surface area contributed by atoms with Crippen LogP contribution in [0.4, 0.5) is 29.0 Å². The molecular formula is C16H22N6O3. The van der Waals surface area contributed by atoms with E-state index in [9.17, 15) is 10.1 Å². The van der Waals surface area contributed by atoms with Gasteiger partial charge in [-0.3, -0.25) is 10.1 Å². The van der Waals surface area contributed by atoms with Crippen molar-refractivity contribution in [1.82, 2.24) is 9.97 Å². The van der Waals surface area contributed by atoms with Gasteiger partial charge >= 0.3 is 5.69 Å². The maximum atomic E-state index is 11.4. The van der Waals surface area contributed by atoms with E-state index in [4.69, 9.17) is 10.5 Å². The summed E-state index contributed by atoms with van der Waals surface area (Å²) in [6.45, 7) is 7.68. The summed E-state index contributed by atoms with van der Waals surface area (Å²) in [6, 6.07) is 7.05. The van der Waals surface area contributed by atoms with E-state index in [-0.39, 0.29) is 17.3 Å². The fourth-order valence-corrected chi connectivity index (χ4v) is 2.31. The van der Waals surface area contributed by atoms with Crippen molar-refractivity contribution < 1.29 is 9.66 Å². The summed E-state index contributed by atoms with van der Waals surface area (Å²) in [4.78, 5) is 21.0. The summed E-state index contributed by atoms with van der Waals surface area (Å²) < 4.78 is 5.38. The van der Waals surface area contributed by atoms with Crippen molar-refractivity contribution in [3.8, 4) is 5.75 Å². The highest BCUT2D eigenvalue weighted by Crippen LogP contribution is 2.32. The molecule has 0 aliphatic heterocycles. The summed E-state index contributed by atoms with van der Waals surface area (Å²) in [7, 11) is 0. The molecule has 2 rings (SSSR count). The van der Waals surface area contributed by atoms with E-state index in [1.165, 1.54) is 0 Å². The van der Waals surface area contributed by atoms with Crippen LogP contribution < -0.4 is 20.7 Å². The molecule has 2 aromatic rings. The van der Waals surface area contributed by atoms with Crippen LogP contribution in [0.3, 0.4) is 0 Å². The van der Waals surface area contributed by atoms with Gasteiger partial charge in [0.15, 0.2) is 0 Å². The average molecular weight is 346 g/mol. The Balaban J connectivity index is 2.41. The number of ether oxygens (including phenoxy) is 1. The number of nitrogens with two attached hydrogens (primary N) is 1. The van der Waals surface area contributed by atoms with Crippen LogP contribution in [-0.4, -0.2) is 34.6 Å². The fraction of sp³-hybridized carbons (Fsp3) is 0.375. The first-order valence-corrected chi connectivity index (χ1v) is 8.06. The Morgan fingerprint density at radius 2 is 1.84 bits per heavy atom. The van der Waals surface area contributed by atoms with Crippen LogP contribution in [0.1, 0.15) is 20.8 Å². The normalized spacial score (nSPS) is 10.4. The number of aromatic nitrogens is 2. The highest BCUT2D eigenvalue weighted by Gasteiger charge is 2.24. The molecule has 1 heterocycles. The van der Waals surface area contributed by atoms with Gasteiger partial charge in [0.25, 0.3) is 0 Å². The molecule has 0 spiro atoms. The summed E-state index contributed by atoms with van der Waals surface area (Å²) >= 11 is 0. The molecule has 1 aromatic heterocycles. The van der Waals surface area contributed by atoms with E-state index in [1.54, 1.807) is 24.3 Å². The Morgan fingerprint density at radius 1 is 1.20 bits per heavy atom. The van der Waals surface area contributed by atoms with Gasteiger partial charge in [0.05, 0.1) is 11.5 Å². The summed E-state index contributed by atoms with van der Waals surface area (Å²) in [5.74, 6) is 0.953. The largest absolute Gasteiger partial charge is 0.494 e. The van der Waals surface area contributed by atoms with Gasteiger partial charge < -0.3 is 20.7 Å². The van der Waals surface area contributed by atoms with Crippen molar-refractivity contribution in [2.75, 3.05) is 35.6 Å². The Kier molecular flexibility index (Phi) is 5.93. The highest BCUT2D eigenvalue weighted by atomic mass is 16.6. The van der Waals surface area contributed by atoms with Gasteiger partial charge in [-0.15, -0.1) is 0 Å². The number of nitrogen functional groups attached to an aromatic ring is 1. The molecule has 0 atom stereocenters. The second-order valence-corrected chi connectivity index (χ2v) is 5.12. The molecule has 0 amide bonds. The molecule has 0 radical (unpaired) electrons. The molecule has 1 aromatic carbocycles. The molecule has 0 saturated carbocycles. The molecule has 0 unspecified atom stereocenters. The van der Waals surface area contributed by atoms with Crippen molar-refractivity contribution in [2.45, 2.75) is 20.8 Å². The first-order valence-electron chi connectivity index (χ1n) is 8.06. The van der Waals surface area contributed by atoms with E-state index >= 15 is 0 Å². The smallest absolute Gasteiger partial charge is 0.353 e. The third kappa shape index (κ3) is 4.25. The predicted molar refractivity (Wildman–Crippen MR) is 97.6 cm³/mol. The average Bonchev–Trinajstić information content (AvgIpc) is 2.57. The molecule has 0 aliphatic rings. The van der Waals surface area contributed by atoms with Gasteiger partial charge in [0, 0.05) is 18.8 Å². The Morgan fingerprint density at radius 3 is 2.36 bits per heavy atom. The highest BCUT2D eigenvalue weighted by molar-refractivity contribution is 5.74. The second-order valence-electron chi connectivity index (χ2n) is 5.12. The van der Waals surface area contributed by atoms with Crippen LogP contribution in [0.5, 0.6) is 5.75 Å². The van der Waals surface area contributed by atoms with Crippen molar-refractivity contribution >= 4 is 29.0 Å². The molecule has 0 saturated heterocycles. The van der Waals surface area contributed by atoms with Gasteiger partial charge in [0.2, 0.25) is 17.6 Å². The van der Waals surface area contributed by atoms with Gasteiger partial charge in [-0.05, 0) is 45.0 Å².